The van der Waals surface area contributed by atoms with Crippen LogP contribution in [-0.2, 0) is 0 Å². The van der Waals surface area contributed by atoms with Gasteiger partial charge in [0.2, 0.25) is 0 Å². The van der Waals surface area contributed by atoms with Crippen molar-refractivity contribution in [2.75, 3.05) is 5.75 Å². The molecule has 2 saturated carbocycles. The number of rotatable bonds is 4. The van der Waals surface area contributed by atoms with Gasteiger partial charge < -0.3 is 5.73 Å². The molecule has 1 nitrogen and oxygen atoms in total. The molecule has 0 spiro atoms. The van der Waals surface area contributed by atoms with Gasteiger partial charge in [0.05, 0.1) is 0 Å². The van der Waals surface area contributed by atoms with E-state index in [0.29, 0.717) is 6.04 Å². The number of nitrogens with two attached hydrogens (primary N) is 1. The molecule has 2 aliphatic carbocycles. The molecule has 76 valence electrons. The molecular weight excluding hydrogens is 178 g/mol. The van der Waals surface area contributed by atoms with E-state index >= 15 is 0 Å². The van der Waals surface area contributed by atoms with Crippen molar-refractivity contribution < 1.29 is 0 Å². The van der Waals surface area contributed by atoms with Crippen LogP contribution >= 0.6 is 11.8 Å². The van der Waals surface area contributed by atoms with Gasteiger partial charge in [-0.05, 0) is 31.6 Å². The lowest BCUT2D eigenvalue weighted by atomic mass is 9.81. The van der Waals surface area contributed by atoms with Gasteiger partial charge in [0.15, 0.2) is 0 Å². The first kappa shape index (κ1) is 9.85. The summed E-state index contributed by atoms with van der Waals surface area (Å²) in [5.41, 5.74) is 6.14. The topological polar surface area (TPSA) is 26.0 Å². The van der Waals surface area contributed by atoms with Crippen LogP contribution in [0.25, 0.3) is 0 Å². The Hall–Kier alpha value is 0.310. The number of hydrogen-bond acceptors (Lipinski definition) is 2. The quantitative estimate of drug-likeness (QED) is 0.753. The molecule has 2 heteroatoms. The molecule has 0 aromatic heterocycles. The fraction of sp³-hybridized carbons (Fsp3) is 1.00. The normalized spacial score (nSPS) is 27.5. The lowest BCUT2D eigenvalue weighted by Gasteiger charge is -2.31. The zero-order valence-corrected chi connectivity index (χ0v) is 9.19. The standard InChI is InChI=1S/C11H21NS/c12-11(9-4-3-5-9)8-13-10-6-1-2-7-10/h9-11H,1-8,12H2. The SMILES string of the molecule is NC(CSC1CCCC1)C1CCC1. The van der Waals surface area contributed by atoms with E-state index < -0.39 is 0 Å². The third kappa shape index (κ3) is 2.63. The highest BCUT2D eigenvalue weighted by molar-refractivity contribution is 7.99. The fourth-order valence-corrected chi connectivity index (χ4v) is 3.74. The van der Waals surface area contributed by atoms with Crippen molar-refractivity contribution in [3.8, 4) is 0 Å². The van der Waals surface area contributed by atoms with Gasteiger partial charge in [0.1, 0.15) is 0 Å². The molecule has 0 heterocycles. The highest BCUT2D eigenvalue weighted by Crippen LogP contribution is 2.33. The largest absolute Gasteiger partial charge is 0.327 e. The minimum atomic E-state index is 0.499. The first-order valence-corrected chi connectivity index (χ1v) is 6.78. The summed E-state index contributed by atoms with van der Waals surface area (Å²) in [5.74, 6) is 2.09. The Morgan fingerprint density at radius 3 is 2.31 bits per heavy atom. The molecule has 0 aliphatic heterocycles. The zero-order valence-electron chi connectivity index (χ0n) is 8.37. The van der Waals surface area contributed by atoms with Gasteiger partial charge in [-0.3, -0.25) is 0 Å². The summed E-state index contributed by atoms with van der Waals surface area (Å²) in [5, 5.41) is 0.950. The molecule has 0 bridgehead atoms. The molecule has 1 atom stereocenters. The van der Waals surface area contributed by atoms with Gasteiger partial charge in [0, 0.05) is 17.0 Å². The summed E-state index contributed by atoms with van der Waals surface area (Å²) in [4.78, 5) is 0. The molecule has 2 rings (SSSR count). The van der Waals surface area contributed by atoms with Gasteiger partial charge in [-0.1, -0.05) is 19.3 Å². The zero-order chi connectivity index (χ0) is 9.10. The molecular formula is C11H21NS. The molecule has 0 radical (unpaired) electrons. The Morgan fingerprint density at radius 1 is 1.08 bits per heavy atom. The van der Waals surface area contributed by atoms with Crippen molar-refractivity contribution >= 4 is 11.8 Å². The second-order valence-corrected chi connectivity index (χ2v) is 5.93. The minimum Gasteiger partial charge on any atom is -0.327 e. The van der Waals surface area contributed by atoms with Crippen LogP contribution in [0.5, 0.6) is 0 Å². The Kier molecular flexibility index (Phi) is 3.56. The Balaban J connectivity index is 1.60. The second-order valence-electron chi connectivity index (χ2n) is 4.59. The Bertz CT molecular complexity index is 150. The predicted molar refractivity (Wildman–Crippen MR) is 60.0 cm³/mol. The van der Waals surface area contributed by atoms with Gasteiger partial charge in [-0.25, -0.2) is 0 Å². The summed E-state index contributed by atoms with van der Waals surface area (Å²) in [6.07, 6.45) is 10.0. The van der Waals surface area contributed by atoms with E-state index in [1.165, 1.54) is 50.7 Å². The average molecular weight is 199 g/mol. The van der Waals surface area contributed by atoms with E-state index in [1.807, 2.05) is 0 Å². The van der Waals surface area contributed by atoms with Crippen LogP contribution in [0.3, 0.4) is 0 Å². The maximum Gasteiger partial charge on any atom is 0.0159 e. The molecule has 2 aliphatic rings. The number of thioether (sulfide) groups is 1. The minimum absolute atomic E-state index is 0.499. The van der Waals surface area contributed by atoms with Crippen LogP contribution in [0.1, 0.15) is 44.9 Å². The summed E-state index contributed by atoms with van der Waals surface area (Å²) in [6, 6.07) is 0.499. The highest BCUT2D eigenvalue weighted by atomic mass is 32.2. The monoisotopic (exact) mass is 199 g/mol. The average Bonchev–Trinajstić information content (AvgIpc) is 2.49. The van der Waals surface area contributed by atoms with Crippen LogP contribution < -0.4 is 5.73 Å². The maximum absolute atomic E-state index is 6.14. The van der Waals surface area contributed by atoms with E-state index in [0.717, 1.165) is 11.2 Å². The van der Waals surface area contributed by atoms with Gasteiger partial charge in [0.25, 0.3) is 0 Å². The first-order valence-electron chi connectivity index (χ1n) is 5.73. The fourth-order valence-electron chi connectivity index (χ4n) is 2.31. The molecule has 2 fully saturated rings. The van der Waals surface area contributed by atoms with Crippen molar-refractivity contribution in [3.63, 3.8) is 0 Å². The van der Waals surface area contributed by atoms with Gasteiger partial charge in [-0.15, -0.1) is 0 Å². The van der Waals surface area contributed by atoms with Crippen LogP contribution in [0, 0.1) is 5.92 Å². The van der Waals surface area contributed by atoms with Crippen molar-refractivity contribution in [1.29, 1.82) is 0 Å². The maximum atomic E-state index is 6.14. The van der Waals surface area contributed by atoms with Gasteiger partial charge >= 0.3 is 0 Å². The van der Waals surface area contributed by atoms with Crippen LogP contribution in [0.15, 0.2) is 0 Å². The Labute approximate surface area is 85.8 Å². The van der Waals surface area contributed by atoms with Crippen LogP contribution in [0.4, 0.5) is 0 Å². The van der Waals surface area contributed by atoms with Crippen molar-refractivity contribution in [2.45, 2.75) is 56.2 Å². The second kappa shape index (κ2) is 4.70. The molecule has 0 amide bonds. The first-order chi connectivity index (χ1) is 6.36. The lowest BCUT2D eigenvalue weighted by Crippen LogP contribution is -2.36. The van der Waals surface area contributed by atoms with Crippen molar-refractivity contribution in [2.24, 2.45) is 11.7 Å². The Morgan fingerprint density at radius 2 is 1.77 bits per heavy atom. The molecule has 0 aromatic rings. The predicted octanol–water partition coefficient (Wildman–Crippen LogP) is 2.79. The summed E-state index contributed by atoms with van der Waals surface area (Å²) >= 11 is 2.14. The van der Waals surface area contributed by atoms with Crippen LogP contribution in [0.2, 0.25) is 0 Å². The summed E-state index contributed by atoms with van der Waals surface area (Å²) < 4.78 is 0. The highest BCUT2D eigenvalue weighted by Gasteiger charge is 2.25. The van der Waals surface area contributed by atoms with E-state index in [4.69, 9.17) is 5.73 Å². The molecule has 1 unspecified atom stereocenters. The van der Waals surface area contributed by atoms with E-state index in [2.05, 4.69) is 11.8 Å². The molecule has 0 saturated heterocycles. The third-order valence-electron chi connectivity index (χ3n) is 3.58. The molecule has 0 aromatic carbocycles. The molecule has 13 heavy (non-hydrogen) atoms. The van der Waals surface area contributed by atoms with E-state index in [1.54, 1.807) is 0 Å². The summed E-state index contributed by atoms with van der Waals surface area (Å²) in [7, 11) is 0. The van der Waals surface area contributed by atoms with Gasteiger partial charge in [-0.2, -0.15) is 11.8 Å². The van der Waals surface area contributed by atoms with Crippen LogP contribution in [-0.4, -0.2) is 17.0 Å². The van der Waals surface area contributed by atoms with Crippen molar-refractivity contribution in [1.82, 2.24) is 0 Å². The smallest absolute Gasteiger partial charge is 0.0159 e. The molecule has 2 N–H and O–H groups in total. The van der Waals surface area contributed by atoms with E-state index in [9.17, 15) is 0 Å². The summed E-state index contributed by atoms with van der Waals surface area (Å²) in [6.45, 7) is 0. The number of hydrogen-bond donors (Lipinski definition) is 1. The van der Waals surface area contributed by atoms with E-state index in [-0.39, 0.29) is 0 Å². The lowest BCUT2D eigenvalue weighted by molar-refractivity contribution is 0.276. The third-order valence-corrected chi connectivity index (χ3v) is 5.10. The van der Waals surface area contributed by atoms with Crippen molar-refractivity contribution in [3.05, 3.63) is 0 Å².